The van der Waals surface area contributed by atoms with Gasteiger partial charge in [0.2, 0.25) is 0 Å². The maximum Gasteiger partial charge on any atom is 0.417 e. The number of aromatic nitrogens is 2. The van der Waals surface area contributed by atoms with E-state index in [2.05, 4.69) is 16.9 Å². The van der Waals surface area contributed by atoms with E-state index in [1.165, 1.54) is 0 Å². The third-order valence-corrected chi connectivity index (χ3v) is 4.22. The van der Waals surface area contributed by atoms with Crippen molar-refractivity contribution in [3.8, 4) is 6.01 Å². The third-order valence-electron chi connectivity index (χ3n) is 4.22. The summed E-state index contributed by atoms with van der Waals surface area (Å²) >= 11 is 0. The predicted octanol–water partition coefficient (Wildman–Crippen LogP) is 3.56. The van der Waals surface area contributed by atoms with Gasteiger partial charge in [-0.25, -0.2) is 4.79 Å². The molecule has 2 aromatic carbocycles. The van der Waals surface area contributed by atoms with Crippen molar-refractivity contribution >= 4 is 27.9 Å². The summed E-state index contributed by atoms with van der Waals surface area (Å²) in [5.41, 5.74) is 1.70. The number of amides is 1. The van der Waals surface area contributed by atoms with E-state index in [0.29, 0.717) is 5.92 Å². The molecule has 0 bridgehead atoms. The lowest BCUT2D eigenvalue weighted by molar-refractivity contribution is 0.158. The van der Waals surface area contributed by atoms with E-state index < -0.39 is 0 Å². The van der Waals surface area contributed by atoms with Crippen LogP contribution < -0.4 is 4.74 Å². The highest BCUT2D eigenvalue weighted by molar-refractivity contribution is 6.04. The van der Waals surface area contributed by atoms with Crippen LogP contribution in [-0.4, -0.2) is 34.1 Å². The molecule has 4 rings (SSSR count). The maximum atomic E-state index is 12.1. The quantitative estimate of drug-likeness (QED) is 0.747. The number of fused-ring (bicyclic) bond motifs is 3. The Balaban J connectivity index is 1.65. The van der Waals surface area contributed by atoms with Crippen LogP contribution in [0.5, 0.6) is 6.01 Å². The smallest absolute Gasteiger partial charge is 0.375 e. The second kappa shape index (κ2) is 5.02. The summed E-state index contributed by atoms with van der Waals surface area (Å²) in [4.78, 5) is 21.4. The lowest BCUT2D eigenvalue weighted by Crippen LogP contribution is -2.31. The van der Waals surface area contributed by atoms with Gasteiger partial charge in [0.15, 0.2) is 0 Å². The summed E-state index contributed by atoms with van der Waals surface area (Å²) in [5.74, 6) is 0.534. The molecular weight excluding hydrogens is 278 g/mol. The molecule has 1 fully saturated rings. The van der Waals surface area contributed by atoms with Gasteiger partial charge in [-0.15, -0.1) is 0 Å². The van der Waals surface area contributed by atoms with E-state index in [-0.39, 0.29) is 12.1 Å². The van der Waals surface area contributed by atoms with E-state index in [1.807, 2.05) is 36.4 Å². The van der Waals surface area contributed by atoms with Crippen molar-refractivity contribution in [3.05, 3.63) is 36.4 Å². The summed E-state index contributed by atoms with van der Waals surface area (Å²) < 4.78 is 5.40. The van der Waals surface area contributed by atoms with Crippen LogP contribution in [0.25, 0.3) is 21.8 Å². The number of aromatic amines is 1. The number of H-pyrrole nitrogens is 1. The van der Waals surface area contributed by atoms with Crippen LogP contribution >= 0.6 is 0 Å². The number of carbonyl (C=O) groups is 1. The standard InChI is InChI=1S/C17H17N3O2/c1-11-8-9-20(10-11)17(21)22-16-18-14-7-6-12-4-2-3-5-13(12)15(14)19-16/h2-7,11H,8-10H2,1H3,(H,18,19). The first-order valence-corrected chi connectivity index (χ1v) is 7.55. The Hall–Kier alpha value is -2.56. The number of carbonyl (C=O) groups excluding carboxylic acids is 1. The van der Waals surface area contributed by atoms with Crippen molar-refractivity contribution in [2.75, 3.05) is 13.1 Å². The van der Waals surface area contributed by atoms with Crippen LogP contribution in [0.2, 0.25) is 0 Å². The molecule has 1 atom stereocenters. The maximum absolute atomic E-state index is 12.1. The summed E-state index contributed by atoms with van der Waals surface area (Å²) in [6, 6.07) is 12.3. The first kappa shape index (κ1) is 13.1. The highest BCUT2D eigenvalue weighted by atomic mass is 16.6. The Labute approximate surface area is 127 Å². The summed E-state index contributed by atoms with van der Waals surface area (Å²) in [6.45, 7) is 3.64. The SMILES string of the molecule is CC1CCN(C(=O)Oc2nc3c(ccc4ccccc43)[nH]2)C1. The zero-order valence-corrected chi connectivity index (χ0v) is 12.4. The molecule has 5 nitrogen and oxygen atoms in total. The van der Waals surface area contributed by atoms with Crippen molar-refractivity contribution in [2.45, 2.75) is 13.3 Å². The fraction of sp³-hybridized carbons (Fsp3) is 0.294. The molecule has 1 amide bonds. The molecule has 112 valence electrons. The number of hydrogen-bond acceptors (Lipinski definition) is 3. The molecule has 1 aromatic heterocycles. The number of nitrogens with one attached hydrogen (secondary N) is 1. The average Bonchev–Trinajstić information content (AvgIpc) is 3.13. The molecule has 0 aliphatic carbocycles. The van der Waals surface area contributed by atoms with Gasteiger partial charge in [0.05, 0.1) is 5.52 Å². The normalized spacial score (nSPS) is 18.2. The number of nitrogens with zero attached hydrogens (tertiary/aromatic N) is 2. The van der Waals surface area contributed by atoms with Crippen LogP contribution in [0, 0.1) is 5.92 Å². The number of ether oxygens (including phenoxy) is 1. The number of hydrogen-bond donors (Lipinski definition) is 1. The largest absolute Gasteiger partial charge is 0.417 e. The van der Waals surface area contributed by atoms with E-state index in [9.17, 15) is 4.79 Å². The monoisotopic (exact) mass is 295 g/mol. The molecule has 1 unspecified atom stereocenters. The zero-order chi connectivity index (χ0) is 15.1. The topological polar surface area (TPSA) is 58.2 Å². The number of benzene rings is 2. The minimum atomic E-state index is -0.326. The fourth-order valence-electron chi connectivity index (χ4n) is 3.02. The molecule has 0 saturated carbocycles. The lowest BCUT2D eigenvalue weighted by Gasteiger charge is -2.13. The second-order valence-electron chi connectivity index (χ2n) is 5.93. The summed E-state index contributed by atoms with van der Waals surface area (Å²) in [7, 11) is 0. The van der Waals surface area contributed by atoms with E-state index in [1.54, 1.807) is 4.90 Å². The first-order chi connectivity index (χ1) is 10.7. The molecule has 1 saturated heterocycles. The minimum Gasteiger partial charge on any atom is -0.375 e. The van der Waals surface area contributed by atoms with Crippen molar-refractivity contribution in [3.63, 3.8) is 0 Å². The zero-order valence-electron chi connectivity index (χ0n) is 12.4. The average molecular weight is 295 g/mol. The van der Waals surface area contributed by atoms with Crippen LogP contribution in [0.4, 0.5) is 4.79 Å². The molecule has 1 aliphatic heterocycles. The molecular formula is C17H17N3O2. The molecule has 0 radical (unpaired) electrons. The second-order valence-corrected chi connectivity index (χ2v) is 5.93. The highest BCUT2D eigenvalue weighted by Gasteiger charge is 2.25. The van der Waals surface area contributed by atoms with E-state index in [4.69, 9.17) is 4.74 Å². The molecule has 2 heterocycles. The van der Waals surface area contributed by atoms with Crippen LogP contribution in [0.3, 0.4) is 0 Å². The molecule has 3 aromatic rings. The molecule has 0 spiro atoms. The molecule has 22 heavy (non-hydrogen) atoms. The van der Waals surface area contributed by atoms with Crippen LogP contribution in [0.15, 0.2) is 36.4 Å². The number of imidazole rings is 1. The Morgan fingerprint density at radius 1 is 1.32 bits per heavy atom. The van der Waals surface area contributed by atoms with Crippen molar-refractivity contribution in [2.24, 2.45) is 5.92 Å². The van der Waals surface area contributed by atoms with Crippen molar-refractivity contribution < 1.29 is 9.53 Å². The Morgan fingerprint density at radius 2 is 2.18 bits per heavy atom. The van der Waals surface area contributed by atoms with Crippen LogP contribution in [-0.2, 0) is 0 Å². The lowest BCUT2D eigenvalue weighted by atomic mass is 10.1. The van der Waals surface area contributed by atoms with Gasteiger partial charge in [-0.2, -0.15) is 4.98 Å². The number of likely N-dealkylation sites (tertiary alicyclic amines) is 1. The van der Waals surface area contributed by atoms with Gasteiger partial charge in [-0.05, 0) is 23.8 Å². The molecule has 5 heteroatoms. The van der Waals surface area contributed by atoms with Gasteiger partial charge in [0.1, 0.15) is 5.52 Å². The molecule has 1 aliphatic rings. The Bertz CT molecular complexity index is 855. The summed E-state index contributed by atoms with van der Waals surface area (Å²) in [6.07, 6.45) is 0.701. The van der Waals surface area contributed by atoms with Crippen LogP contribution in [0.1, 0.15) is 13.3 Å². The predicted molar refractivity (Wildman–Crippen MR) is 85.0 cm³/mol. The third kappa shape index (κ3) is 2.19. The Kier molecular flexibility index (Phi) is 2.99. The summed E-state index contributed by atoms with van der Waals surface area (Å²) in [5, 5.41) is 2.17. The van der Waals surface area contributed by atoms with Gasteiger partial charge < -0.3 is 14.6 Å². The van der Waals surface area contributed by atoms with Gasteiger partial charge in [-0.1, -0.05) is 37.3 Å². The molecule has 1 N–H and O–H groups in total. The van der Waals surface area contributed by atoms with Gasteiger partial charge >= 0.3 is 12.1 Å². The minimum absolute atomic E-state index is 0.260. The van der Waals surface area contributed by atoms with Gasteiger partial charge in [0.25, 0.3) is 0 Å². The van der Waals surface area contributed by atoms with E-state index in [0.717, 1.165) is 41.3 Å². The number of rotatable bonds is 1. The van der Waals surface area contributed by atoms with Gasteiger partial charge in [-0.3, -0.25) is 0 Å². The Morgan fingerprint density at radius 3 is 3.00 bits per heavy atom. The first-order valence-electron chi connectivity index (χ1n) is 7.55. The van der Waals surface area contributed by atoms with Crippen molar-refractivity contribution in [1.82, 2.24) is 14.9 Å². The van der Waals surface area contributed by atoms with Crippen molar-refractivity contribution in [1.29, 1.82) is 0 Å². The highest BCUT2D eigenvalue weighted by Crippen LogP contribution is 2.26. The van der Waals surface area contributed by atoms with Gasteiger partial charge in [0, 0.05) is 18.5 Å². The fourth-order valence-corrected chi connectivity index (χ4v) is 3.02. The van der Waals surface area contributed by atoms with E-state index >= 15 is 0 Å².